The highest BCUT2D eigenvalue weighted by atomic mass is 16.2. The maximum atomic E-state index is 12.4. The number of rotatable bonds is 5. The minimum atomic E-state index is 0.300. The Morgan fingerprint density at radius 3 is 2.30 bits per heavy atom. The van der Waals surface area contributed by atoms with E-state index in [-0.39, 0.29) is 0 Å². The summed E-state index contributed by atoms with van der Waals surface area (Å²) in [6.45, 7) is 7.38. The summed E-state index contributed by atoms with van der Waals surface area (Å²) in [6.07, 6.45) is 3.40. The molecule has 2 aliphatic rings. The second-order valence-corrected chi connectivity index (χ2v) is 8.35. The van der Waals surface area contributed by atoms with Crippen LogP contribution in [0.2, 0.25) is 0 Å². The standard InChI is InChI=1S/C25H30N4O/c26-18-23-6-1-2-7-24(23)22-10-8-21(9-11-22)19-27-12-5-13-28(17-16-27)20-25(30)29-14-3-4-15-29/h1-2,6-11H,3-5,12-17,19-20H2. The lowest BCUT2D eigenvalue weighted by molar-refractivity contribution is -0.131. The van der Waals surface area contributed by atoms with E-state index in [2.05, 4.69) is 40.1 Å². The highest BCUT2D eigenvalue weighted by molar-refractivity contribution is 5.78. The van der Waals surface area contributed by atoms with Crippen molar-refractivity contribution in [2.75, 3.05) is 45.8 Å². The van der Waals surface area contributed by atoms with Crippen LogP contribution in [0, 0.1) is 11.3 Å². The van der Waals surface area contributed by atoms with Crippen LogP contribution in [-0.4, -0.2) is 66.4 Å². The molecule has 5 heteroatoms. The molecular formula is C25H30N4O. The van der Waals surface area contributed by atoms with Crippen LogP contribution in [0.3, 0.4) is 0 Å². The van der Waals surface area contributed by atoms with Crippen LogP contribution in [0.1, 0.15) is 30.4 Å². The molecule has 0 saturated carbocycles. The van der Waals surface area contributed by atoms with Crippen molar-refractivity contribution in [3.05, 3.63) is 59.7 Å². The molecule has 0 unspecified atom stereocenters. The van der Waals surface area contributed by atoms with Gasteiger partial charge in [-0.25, -0.2) is 0 Å². The maximum absolute atomic E-state index is 12.4. The van der Waals surface area contributed by atoms with E-state index in [4.69, 9.17) is 0 Å². The van der Waals surface area contributed by atoms with Crippen molar-refractivity contribution in [2.45, 2.75) is 25.8 Å². The molecule has 0 N–H and O–H groups in total. The van der Waals surface area contributed by atoms with Gasteiger partial charge in [0, 0.05) is 32.7 Å². The minimum absolute atomic E-state index is 0.300. The van der Waals surface area contributed by atoms with Gasteiger partial charge >= 0.3 is 0 Å². The lowest BCUT2D eigenvalue weighted by Gasteiger charge is -2.24. The van der Waals surface area contributed by atoms with Crippen molar-refractivity contribution in [3.8, 4) is 17.2 Å². The average molecular weight is 403 g/mol. The van der Waals surface area contributed by atoms with E-state index in [9.17, 15) is 10.1 Å². The van der Waals surface area contributed by atoms with Crippen LogP contribution < -0.4 is 0 Å². The van der Waals surface area contributed by atoms with Crippen LogP contribution in [0.15, 0.2) is 48.5 Å². The summed E-state index contributed by atoms with van der Waals surface area (Å²) in [5, 5.41) is 9.33. The Morgan fingerprint density at radius 1 is 0.833 bits per heavy atom. The van der Waals surface area contributed by atoms with Gasteiger partial charge in [-0.05, 0) is 55.1 Å². The minimum Gasteiger partial charge on any atom is -0.342 e. The number of benzene rings is 2. The molecule has 0 spiro atoms. The molecule has 0 bridgehead atoms. The van der Waals surface area contributed by atoms with E-state index >= 15 is 0 Å². The zero-order chi connectivity index (χ0) is 20.8. The highest BCUT2D eigenvalue weighted by Crippen LogP contribution is 2.24. The second kappa shape index (κ2) is 9.88. The molecule has 2 heterocycles. The Morgan fingerprint density at radius 2 is 1.53 bits per heavy atom. The van der Waals surface area contributed by atoms with E-state index in [1.807, 2.05) is 29.2 Å². The normalized spacial score (nSPS) is 18.2. The van der Waals surface area contributed by atoms with Crippen molar-refractivity contribution in [2.24, 2.45) is 0 Å². The number of carbonyl (C=O) groups excluding carboxylic acids is 1. The monoisotopic (exact) mass is 402 g/mol. The Labute approximate surface area is 179 Å². The summed E-state index contributed by atoms with van der Waals surface area (Å²) in [5.74, 6) is 0.300. The first-order valence-electron chi connectivity index (χ1n) is 11.0. The van der Waals surface area contributed by atoms with Crippen LogP contribution >= 0.6 is 0 Å². The molecule has 0 radical (unpaired) electrons. The number of nitriles is 1. The molecule has 1 amide bonds. The summed E-state index contributed by atoms with van der Waals surface area (Å²) in [6, 6.07) is 18.6. The summed E-state index contributed by atoms with van der Waals surface area (Å²) in [4.78, 5) is 19.3. The molecule has 5 nitrogen and oxygen atoms in total. The zero-order valence-corrected chi connectivity index (χ0v) is 17.6. The van der Waals surface area contributed by atoms with Gasteiger partial charge in [-0.3, -0.25) is 14.6 Å². The van der Waals surface area contributed by atoms with Crippen LogP contribution in [0.25, 0.3) is 11.1 Å². The number of carbonyl (C=O) groups is 1. The first-order valence-corrected chi connectivity index (χ1v) is 11.0. The fourth-order valence-electron chi connectivity index (χ4n) is 4.48. The van der Waals surface area contributed by atoms with Crippen molar-refractivity contribution in [3.63, 3.8) is 0 Å². The van der Waals surface area contributed by atoms with Gasteiger partial charge in [0.25, 0.3) is 0 Å². The Hall–Kier alpha value is -2.68. The van der Waals surface area contributed by atoms with Gasteiger partial charge in [-0.15, -0.1) is 0 Å². The molecule has 2 aliphatic heterocycles. The van der Waals surface area contributed by atoms with E-state index in [1.165, 1.54) is 5.56 Å². The molecule has 2 fully saturated rings. The van der Waals surface area contributed by atoms with Gasteiger partial charge in [0.15, 0.2) is 0 Å². The molecule has 4 rings (SSSR count). The SMILES string of the molecule is N#Cc1ccccc1-c1ccc(CN2CCCN(CC(=O)N3CCCC3)CC2)cc1. The van der Waals surface area contributed by atoms with Crippen molar-refractivity contribution in [1.29, 1.82) is 5.26 Å². The van der Waals surface area contributed by atoms with Crippen LogP contribution in [0.5, 0.6) is 0 Å². The van der Waals surface area contributed by atoms with Gasteiger partial charge in [0.05, 0.1) is 18.2 Å². The van der Waals surface area contributed by atoms with Gasteiger partial charge in [-0.1, -0.05) is 42.5 Å². The molecule has 30 heavy (non-hydrogen) atoms. The van der Waals surface area contributed by atoms with E-state index in [0.29, 0.717) is 18.0 Å². The first-order chi connectivity index (χ1) is 14.7. The fraction of sp³-hybridized carbons (Fsp3) is 0.440. The van der Waals surface area contributed by atoms with Crippen molar-refractivity contribution >= 4 is 5.91 Å². The first kappa shape index (κ1) is 20.6. The summed E-state index contributed by atoms with van der Waals surface area (Å²) in [5.41, 5.74) is 4.06. The van der Waals surface area contributed by atoms with Crippen LogP contribution in [0.4, 0.5) is 0 Å². The van der Waals surface area contributed by atoms with Crippen molar-refractivity contribution in [1.82, 2.24) is 14.7 Å². The van der Waals surface area contributed by atoms with E-state index < -0.39 is 0 Å². The van der Waals surface area contributed by atoms with Gasteiger partial charge in [0.1, 0.15) is 0 Å². The highest BCUT2D eigenvalue weighted by Gasteiger charge is 2.22. The lowest BCUT2D eigenvalue weighted by atomic mass is 9.99. The van der Waals surface area contributed by atoms with E-state index in [0.717, 1.165) is 76.2 Å². The molecule has 2 aromatic carbocycles. The van der Waals surface area contributed by atoms with E-state index in [1.54, 1.807) is 0 Å². The molecular weight excluding hydrogens is 372 g/mol. The predicted molar refractivity (Wildman–Crippen MR) is 119 cm³/mol. The number of hydrogen-bond acceptors (Lipinski definition) is 4. The summed E-state index contributed by atoms with van der Waals surface area (Å²) in [7, 11) is 0. The quantitative estimate of drug-likeness (QED) is 0.770. The summed E-state index contributed by atoms with van der Waals surface area (Å²) < 4.78 is 0. The third kappa shape index (κ3) is 5.08. The smallest absolute Gasteiger partial charge is 0.236 e. The molecule has 2 saturated heterocycles. The van der Waals surface area contributed by atoms with Crippen LogP contribution in [-0.2, 0) is 11.3 Å². The Kier molecular flexibility index (Phi) is 6.78. The molecule has 0 atom stereocenters. The summed E-state index contributed by atoms with van der Waals surface area (Å²) >= 11 is 0. The number of hydrogen-bond donors (Lipinski definition) is 0. The van der Waals surface area contributed by atoms with Gasteiger partial charge < -0.3 is 4.90 Å². The number of likely N-dealkylation sites (tertiary alicyclic amines) is 1. The topological polar surface area (TPSA) is 50.6 Å². The third-order valence-electron chi connectivity index (χ3n) is 6.22. The fourth-order valence-corrected chi connectivity index (χ4v) is 4.48. The number of amides is 1. The number of nitrogens with zero attached hydrogens (tertiary/aromatic N) is 4. The Balaban J connectivity index is 1.31. The average Bonchev–Trinajstić information content (AvgIpc) is 3.24. The largest absolute Gasteiger partial charge is 0.342 e. The second-order valence-electron chi connectivity index (χ2n) is 8.35. The predicted octanol–water partition coefficient (Wildman–Crippen LogP) is 3.36. The maximum Gasteiger partial charge on any atom is 0.236 e. The molecule has 156 valence electrons. The third-order valence-corrected chi connectivity index (χ3v) is 6.22. The van der Waals surface area contributed by atoms with Gasteiger partial charge in [-0.2, -0.15) is 5.26 Å². The van der Waals surface area contributed by atoms with Gasteiger partial charge in [0.2, 0.25) is 5.91 Å². The molecule has 0 aromatic heterocycles. The Bertz CT molecular complexity index is 896. The molecule has 2 aromatic rings. The zero-order valence-electron chi connectivity index (χ0n) is 17.6. The van der Waals surface area contributed by atoms with Crippen molar-refractivity contribution < 1.29 is 4.79 Å². The molecule has 0 aliphatic carbocycles. The lowest BCUT2D eigenvalue weighted by Crippen LogP contribution is -2.40.